The summed E-state index contributed by atoms with van der Waals surface area (Å²) in [4.78, 5) is 16.3. The molecule has 4 heteroatoms. The number of nitrogens with zero attached hydrogens (tertiary/aromatic N) is 1. The van der Waals surface area contributed by atoms with Crippen molar-refractivity contribution in [1.82, 2.24) is 4.98 Å². The molecule has 0 fully saturated rings. The molecule has 110 valence electrons. The maximum atomic E-state index is 11.7. The number of rotatable bonds is 5. The first-order chi connectivity index (χ1) is 10.7. The third-order valence-corrected chi connectivity index (χ3v) is 4.57. The molecule has 0 unspecified atom stereocenters. The van der Waals surface area contributed by atoms with Gasteiger partial charge in [0, 0.05) is 5.39 Å². The van der Waals surface area contributed by atoms with E-state index >= 15 is 0 Å². The quantitative estimate of drug-likeness (QED) is 0.735. The van der Waals surface area contributed by atoms with Crippen LogP contribution in [0.2, 0.25) is 0 Å². The fourth-order valence-corrected chi connectivity index (χ4v) is 3.27. The minimum atomic E-state index is -0.323. The van der Waals surface area contributed by atoms with Gasteiger partial charge in [-0.05, 0) is 24.1 Å². The largest absolute Gasteiger partial charge is 0.369 e. The van der Waals surface area contributed by atoms with Crippen LogP contribution in [0, 0.1) is 0 Å². The fourth-order valence-electron chi connectivity index (χ4n) is 2.29. The molecule has 0 aliphatic heterocycles. The number of carbonyl (C=O) groups is 1. The summed E-state index contributed by atoms with van der Waals surface area (Å²) in [6.45, 7) is 0. The Kier molecular flexibility index (Phi) is 4.39. The molecule has 1 amide bonds. The van der Waals surface area contributed by atoms with Crippen molar-refractivity contribution in [2.24, 2.45) is 5.73 Å². The van der Waals surface area contributed by atoms with Gasteiger partial charge in [-0.15, -0.1) is 0 Å². The van der Waals surface area contributed by atoms with Gasteiger partial charge in [0.05, 0.1) is 15.8 Å². The highest BCUT2D eigenvalue weighted by Crippen LogP contribution is 2.26. The van der Waals surface area contributed by atoms with Crippen LogP contribution in [0.25, 0.3) is 10.9 Å². The molecule has 0 saturated heterocycles. The Bertz CT molecular complexity index is 789. The summed E-state index contributed by atoms with van der Waals surface area (Å²) in [7, 11) is 0. The van der Waals surface area contributed by atoms with Gasteiger partial charge in [-0.1, -0.05) is 66.4 Å². The van der Waals surface area contributed by atoms with Crippen molar-refractivity contribution in [2.45, 2.75) is 16.7 Å². The molecule has 1 heterocycles. The van der Waals surface area contributed by atoms with E-state index in [4.69, 9.17) is 5.73 Å². The first-order valence-corrected chi connectivity index (χ1v) is 7.96. The van der Waals surface area contributed by atoms with Crippen molar-refractivity contribution >= 4 is 28.6 Å². The molecule has 3 aromatic rings. The van der Waals surface area contributed by atoms with Crippen LogP contribution in [0.3, 0.4) is 0 Å². The zero-order valence-electron chi connectivity index (χ0n) is 12.0. The van der Waals surface area contributed by atoms with Gasteiger partial charge >= 0.3 is 0 Å². The molecule has 0 spiro atoms. The van der Waals surface area contributed by atoms with Crippen LogP contribution in [0.4, 0.5) is 0 Å². The van der Waals surface area contributed by atoms with Gasteiger partial charge < -0.3 is 5.73 Å². The molecule has 0 aliphatic carbocycles. The summed E-state index contributed by atoms with van der Waals surface area (Å²) in [6.07, 6.45) is 0.606. The molecule has 0 saturated carbocycles. The minimum Gasteiger partial charge on any atom is -0.369 e. The average molecular weight is 308 g/mol. The van der Waals surface area contributed by atoms with Gasteiger partial charge in [0.25, 0.3) is 0 Å². The van der Waals surface area contributed by atoms with E-state index < -0.39 is 0 Å². The molecule has 1 atom stereocenters. The number of hydrogen-bond acceptors (Lipinski definition) is 3. The summed E-state index contributed by atoms with van der Waals surface area (Å²) in [5.41, 5.74) is 7.58. The Hall–Kier alpha value is -2.33. The molecular formula is C18H16N2OS. The first-order valence-electron chi connectivity index (χ1n) is 7.08. The van der Waals surface area contributed by atoms with E-state index in [2.05, 4.69) is 4.98 Å². The lowest BCUT2D eigenvalue weighted by Crippen LogP contribution is -2.27. The van der Waals surface area contributed by atoms with Crippen molar-refractivity contribution in [3.63, 3.8) is 0 Å². The van der Waals surface area contributed by atoms with Gasteiger partial charge in [0.1, 0.15) is 0 Å². The Balaban J connectivity index is 1.81. The topological polar surface area (TPSA) is 56.0 Å². The Morgan fingerprint density at radius 3 is 2.50 bits per heavy atom. The normalized spacial score (nSPS) is 12.2. The Morgan fingerprint density at radius 1 is 1.00 bits per heavy atom. The molecule has 22 heavy (non-hydrogen) atoms. The maximum absolute atomic E-state index is 11.7. The molecule has 0 aliphatic rings. The summed E-state index contributed by atoms with van der Waals surface area (Å²) in [6, 6.07) is 21.8. The van der Waals surface area contributed by atoms with Crippen LogP contribution in [0.1, 0.15) is 5.56 Å². The predicted molar refractivity (Wildman–Crippen MR) is 90.7 cm³/mol. The number of nitrogens with two attached hydrogens (primary N) is 1. The molecule has 2 N–H and O–H groups in total. The third-order valence-electron chi connectivity index (χ3n) is 3.42. The second-order valence-corrected chi connectivity index (χ2v) is 6.26. The SMILES string of the molecule is NC(=O)[C@@H](Cc1ccccc1)Sc1ccc2ccccc2n1. The van der Waals surface area contributed by atoms with Crippen LogP contribution in [0.5, 0.6) is 0 Å². The van der Waals surface area contributed by atoms with Crippen LogP contribution < -0.4 is 5.73 Å². The number of para-hydroxylation sites is 1. The van der Waals surface area contributed by atoms with E-state index in [0.717, 1.165) is 21.5 Å². The molecule has 2 aromatic carbocycles. The summed E-state index contributed by atoms with van der Waals surface area (Å²) < 4.78 is 0. The Morgan fingerprint density at radius 2 is 1.73 bits per heavy atom. The Labute approximate surface area is 133 Å². The fraction of sp³-hybridized carbons (Fsp3) is 0.111. The lowest BCUT2D eigenvalue weighted by molar-refractivity contribution is -0.117. The van der Waals surface area contributed by atoms with Crippen molar-refractivity contribution in [3.05, 3.63) is 72.3 Å². The second-order valence-electron chi connectivity index (χ2n) is 5.04. The lowest BCUT2D eigenvalue weighted by atomic mass is 10.1. The first kappa shape index (κ1) is 14.6. The molecule has 3 nitrogen and oxygen atoms in total. The van der Waals surface area contributed by atoms with E-state index in [1.807, 2.05) is 66.7 Å². The highest BCUT2D eigenvalue weighted by Gasteiger charge is 2.18. The van der Waals surface area contributed by atoms with E-state index in [1.54, 1.807) is 0 Å². The third kappa shape index (κ3) is 3.46. The number of benzene rings is 2. The number of primary amides is 1. The van der Waals surface area contributed by atoms with Gasteiger partial charge in [0.15, 0.2) is 0 Å². The van der Waals surface area contributed by atoms with Crippen molar-refractivity contribution in [1.29, 1.82) is 0 Å². The van der Waals surface area contributed by atoms with Crippen molar-refractivity contribution in [2.75, 3.05) is 0 Å². The zero-order chi connectivity index (χ0) is 15.4. The number of pyridine rings is 1. The monoisotopic (exact) mass is 308 g/mol. The molecule has 1 aromatic heterocycles. The summed E-state index contributed by atoms with van der Waals surface area (Å²) >= 11 is 1.42. The summed E-state index contributed by atoms with van der Waals surface area (Å²) in [5.74, 6) is -0.316. The predicted octanol–water partition coefficient (Wildman–Crippen LogP) is 3.42. The number of hydrogen-bond donors (Lipinski definition) is 1. The van der Waals surface area contributed by atoms with E-state index in [0.29, 0.717) is 6.42 Å². The molecule has 3 rings (SSSR count). The van der Waals surface area contributed by atoms with Gasteiger partial charge in [-0.2, -0.15) is 0 Å². The minimum absolute atomic E-state index is 0.316. The summed E-state index contributed by atoms with van der Waals surface area (Å²) in [5, 5.41) is 1.58. The lowest BCUT2D eigenvalue weighted by Gasteiger charge is -2.13. The van der Waals surface area contributed by atoms with E-state index in [-0.39, 0.29) is 11.2 Å². The maximum Gasteiger partial charge on any atom is 0.231 e. The highest BCUT2D eigenvalue weighted by atomic mass is 32.2. The second kappa shape index (κ2) is 6.62. The van der Waals surface area contributed by atoms with E-state index in [1.165, 1.54) is 11.8 Å². The van der Waals surface area contributed by atoms with Gasteiger partial charge in [0.2, 0.25) is 5.91 Å². The van der Waals surface area contributed by atoms with Crippen molar-refractivity contribution < 1.29 is 4.79 Å². The molecule has 0 radical (unpaired) electrons. The number of fused-ring (bicyclic) bond motifs is 1. The smallest absolute Gasteiger partial charge is 0.231 e. The van der Waals surface area contributed by atoms with E-state index in [9.17, 15) is 4.79 Å². The van der Waals surface area contributed by atoms with Crippen LogP contribution in [-0.4, -0.2) is 16.1 Å². The van der Waals surface area contributed by atoms with Crippen LogP contribution >= 0.6 is 11.8 Å². The highest BCUT2D eigenvalue weighted by molar-refractivity contribution is 8.00. The van der Waals surface area contributed by atoms with Crippen LogP contribution in [-0.2, 0) is 11.2 Å². The number of amides is 1. The number of aromatic nitrogens is 1. The molecule has 0 bridgehead atoms. The zero-order valence-corrected chi connectivity index (χ0v) is 12.8. The van der Waals surface area contributed by atoms with Crippen molar-refractivity contribution in [3.8, 4) is 0 Å². The number of carbonyl (C=O) groups excluding carboxylic acids is 1. The number of thioether (sulfide) groups is 1. The average Bonchev–Trinajstić information content (AvgIpc) is 2.55. The molecular weight excluding hydrogens is 292 g/mol. The van der Waals surface area contributed by atoms with Gasteiger partial charge in [-0.3, -0.25) is 4.79 Å². The van der Waals surface area contributed by atoms with Gasteiger partial charge in [-0.25, -0.2) is 4.98 Å². The standard InChI is InChI=1S/C18H16N2OS/c19-18(21)16(12-13-6-2-1-3-7-13)22-17-11-10-14-8-4-5-9-15(14)20-17/h1-11,16H,12H2,(H2,19,21)/t16-/m1/s1. The van der Waals surface area contributed by atoms with Crippen LogP contribution in [0.15, 0.2) is 71.8 Å².